The molecule has 0 aromatic heterocycles. The molecular weight excluding hydrogens is 629 g/mol. The summed E-state index contributed by atoms with van der Waals surface area (Å²) in [5.41, 5.74) is 6.65. The van der Waals surface area contributed by atoms with Gasteiger partial charge in [-0.3, -0.25) is 0 Å². The van der Waals surface area contributed by atoms with Gasteiger partial charge in [-0.15, -0.1) is 0 Å². The highest BCUT2D eigenvalue weighted by atomic mass is 15.1. The minimum atomic E-state index is -0.222. The minimum absolute atomic E-state index is 0.0434. The Morgan fingerprint density at radius 1 is 0.412 bits per heavy atom. The maximum Gasteiger partial charge on any atom is 0.148 e. The molecule has 0 aliphatic carbocycles. The Bertz CT molecular complexity index is 2300. The SMILES string of the molecule is N#CC(C#N)=C(C#N)c1ccc(N(CCc2cccc(CN(c3ccccc3)c3ccc(C(C#N)=C(C#N)C#N)cc3)c2)c2ccccc2)cc1. The first-order valence-electron chi connectivity index (χ1n) is 15.9. The Morgan fingerprint density at radius 2 is 0.824 bits per heavy atom. The van der Waals surface area contributed by atoms with E-state index >= 15 is 0 Å². The predicted octanol–water partition coefficient (Wildman–Crippen LogP) is 9.05. The molecule has 0 unspecified atom stereocenters. The summed E-state index contributed by atoms with van der Waals surface area (Å²) in [5.74, 6) is 0. The van der Waals surface area contributed by atoms with E-state index in [2.05, 4.69) is 28.0 Å². The van der Waals surface area contributed by atoms with Gasteiger partial charge in [0.2, 0.25) is 0 Å². The summed E-state index contributed by atoms with van der Waals surface area (Å²) in [6.07, 6.45) is 0.726. The van der Waals surface area contributed by atoms with Crippen LogP contribution in [-0.4, -0.2) is 6.54 Å². The maximum atomic E-state index is 9.62. The van der Waals surface area contributed by atoms with Gasteiger partial charge in [0, 0.05) is 35.8 Å². The third kappa shape index (κ3) is 8.17. The fourth-order valence-electron chi connectivity index (χ4n) is 5.68. The van der Waals surface area contributed by atoms with Gasteiger partial charge in [0.15, 0.2) is 0 Å². The van der Waals surface area contributed by atoms with E-state index in [9.17, 15) is 31.6 Å². The lowest BCUT2D eigenvalue weighted by Crippen LogP contribution is -2.20. The standard InChI is InChI=1S/C43H28N8/c44-25-36(26-45)42(29-48)34-14-18-40(19-15-34)50(38-10-3-1-4-11-38)23-22-32-8-7-9-33(24-32)31-51(39-12-5-2-6-13-39)41-20-16-35(17-21-41)43(30-49)37(27-46)28-47/h1-21,24H,22-23,31H2. The Hall–Kier alpha value is -7.88. The largest absolute Gasteiger partial charge is 0.341 e. The van der Waals surface area contributed by atoms with Crippen LogP contribution in [0.1, 0.15) is 22.3 Å². The van der Waals surface area contributed by atoms with Crippen molar-refractivity contribution < 1.29 is 0 Å². The van der Waals surface area contributed by atoms with Gasteiger partial charge in [0.25, 0.3) is 0 Å². The molecule has 0 amide bonds. The summed E-state index contributed by atoms with van der Waals surface area (Å²) < 4.78 is 0. The predicted molar refractivity (Wildman–Crippen MR) is 196 cm³/mol. The van der Waals surface area contributed by atoms with Crippen molar-refractivity contribution >= 4 is 33.9 Å². The number of benzene rings is 5. The van der Waals surface area contributed by atoms with E-state index in [4.69, 9.17) is 0 Å². The van der Waals surface area contributed by atoms with Crippen LogP contribution < -0.4 is 9.80 Å². The summed E-state index contributed by atoms with van der Waals surface area (Å²) in [6.45, 7) is 1.22. The summed E-state index contributed by atoms with van der Waals surface area (Å²) in [5, 5.41) is 56.4. The highest BCUT2D eigenvalue weighted by Crippen LogP contribution is 2.31. The number of rotatable bonds is 11. The molecule has 8 heteroatoms. The van der Waals surface area contributed by atoms with Crippen molar-refractivity contribution in [3.63, 3.8) is 0 Å². The third-order valence-electron chi connectivity index (χ3n) is 8.20. The first-order valence-corrected chi connectivity index (χ1v) is 15.9. The summed E-state index contributed by atoms with van der Waals surface area (Å²) in [4.78, 5) is 4.35. The first kappa shape index (κ1) is 34.5. The lowest BCUT2D eigenvalue weighted by Gasteiger charge is -2.27. The van der Waals surface area contributed by atoms with Crippen LogP contribution in [-0.2, 0) is 13.0 Å². The summed E-state index contributed by atoms with van der Waals surface area (Å²) in [6, 6.07) is 54.2. The van der Waals surface area contributed by atoms with E-state index in [1.54, 1.807) is 48.5 Å². The van der Waals surface area contributed by atoms with Crippen LogP contribution in [0.25, 0.3) is 11.1 Å². The van der Waals surface area contributed by atoms with Crippen molar-refractivity contribution in [3.8, 4) is 36.4 Å². The molecule has 0 atom stereocenters. The molecular formula is C43H28N8. The molecule has 8 nitrogen and oxygen atoms in total. The lowest BCUT2D eigenvalue weighted by molar-refractivity contribution is 0.905. The van der Waals surface area contributed by atoms with Gasteiger partial charge >= 0.3 is 0 Å². The molecule has 5 aromatic carbocycles. The zero-order valence-electron chi connectivity index (χ0n) is 27.4. The van der Waals surface area contributed by atoms with Gasteiger partial charge in [-0.2, -0.15) is 31.6 Å². The molecule has 5 rings (SSSR count). The van der Waals surface area contributed by atoms with Crippen LogP contribution in [0.15, 0.2) is 145 Å². The molecule has 0 fully saturated rings. The van der Waals surface area contributed by atoms with Crippen LogP contribution in [0, 0.1) is 68.0 Å². The van der Waals surface area contributed by atoms with E-state index in [-0.39, 0.29) is 22.3 Å². The van der Waals surface area contributed by atoms with E-state index in [1.807, 2.05) is 103 Å². The van der Waals surface area contributed by atoms with Gasteiger partial charge in [-0.25, -0.2) is 0 Å². The Kier molecular flexibility index (Phi) is 11.3. The van der Waals surface area contributed by atoms with Crippen molar-refractivity contribution in [1.82, 2.24) is 0 Å². The van der Waals surface area contributed by atoms with E-state index in [0.29, 0.717) is 24.2 Å². The van der Waals surface area contributed by atoms with Gasteiger partial charge in [-0.1, -0.05) is 84.9 Å². The maximum absolute atomic E-state index is 9.62. The van der Waals surface area contributed by atoms with Gasteiger partial charge in [-0.05, 0) is 77.2 Å². The zero-order chi connectivity index (χ0) is 36.0. The van der Waals surface area contributed by atoms with Gasteiger partial charge in [0.1, 0.15) is 47.6 Å². The quantitative estimate of drug-likeness (QED) is 0.128. The average Bonchev–Trinajstić information content (AvgIpc) is 3.19. The summed E-state index contributed by atoms with van der Waals surface area (Å²) in [7, 11) is 0. The topological polar surface area (TPSA) is 149 Å². The molecule has 0 N–H and O–H groups in total. The fourth-order valence-corrected chi connectivity index (χ4v) is 5.68. The van der Waals surface area contributed by atoms with Gasteiger partial charge < -0.3 is 9.80 Å². The van der Waals surface area contributed by atoms with Crippen LogP contribution in [0.5, 0.6) is 0 Å². The minimum Gasteiger partial charge on any atom is -0.341 e. The van der Waals surface area contributed by atoms with Crippen molar-refractivity contribution in [2.45, 2.75) is 13.0 Å². The third-order valence-corrected chi connectivity index (χ3v) is 8.20. The highest BCUT2D eigenvalue weighted by molar-refractivity contribution is 5.86. The summed E-state index contributed by atoms with van der Waals surface area (Å²) >= 11 is 0. The van der Waals surface area contributed by atoms with Crippen molar-refractivity contribution in [3.05, 3.63) is 167 Å². The molecule has 0 saturated heterocycles. The molecule has 0 aliphatic heterocycles. The fraction of sp³-hybridized carbons (Fsp3) is 0.0698. The molecule has 0 radical (unpaired) electrons. The molecule has 51 heavy (non-hydrogen) atoms. The van der Waals surface area contributed by atoms with Crippen LogP contribution in [0.3, 0.4) is 0 Å². The molecule has 0 spiro atoms. The van der Waals surface area contributed by atoms with Gasteiger partial charge in [0.05, 0.1) is 11.1 Å². The van der Waals surface area contributed by atoms with Crippen molar-refractivity contribution in [2.24, 2.45) is 0 Å². The number of hydrogen-bond acceptors (Lipinski definition) is 8. The first-order chi connectivity index (χ1) is 25.0. The lowest BCUT2D eigenvalue weighted by atomic mass is 10.0. The van der Waals surface area contributed by atoms with Crippen LogP contribution in [0.2, 0.25) is 0 Å². The van der Waals surface area contributed by atoms with Crippen molar-refractivity contribution in [2.75, 3.05) is 16.3 Å². The van der Waals surface area contributed by atoms with E-state index < -0.39 is 0 Å². The molecule has 0 aliphatic rings. The Morgan fingerprint density at radius 3 is 1.27 bits per heavy atom. The van der Waals surface area contributed by atoms with E-state index in [0.717, 1.165) is 40.3 Å². The second kappa shape index (κ2) is 16.8. The Labute approximate surface area is 297 Å². The number of anilines is 4. The van der Waals surface area contributed by atoms with Crippen LogP contribution >= 0.6 is 0 Å². The molecule has 5 aromatic rings. The van der Waals surface area contributed by atoms with E-state index in [1.165, 1.54) is 0 Å². The number of nitriles is 6. The number of allylic oxidation sites excluding steroid dienone is 4. The monoisotopic (exact) mass is 656 g/mol. The Balaban J connectivity index is 1.41. The van der Waals surface area contributed by atoms with Crippen LogP contribution in [0.4, 0.5) is 22.7 Å². The molecule has 240 valence electrons. The highest BCUT2D eigenvalue weighted by Gasteiger charge is 2.15. The van der Waals surface area contributed by atoms with Crippen molar-refractivity contribution in [1.29, 1.82) is 31.6 Å². The number of nitrogens with zero attached hydrogens (tertiary/aromatic N) is 8. The molecule has 0 saturated carbocycles. The average molecular weight is 657 g/mol. The number of hydrogen-bond donors (Lipinski definition) is 0. The second-order valence-electron chi connectivity index (χ2n) is 11.2. The smallest absolute Gasteiger partial charge is 0.148 e. The normalized spacial score (nSPS) is 9.69. The molecule has 0 heterocycles. The molecule has 0 bridgehead atoms. The zero-order valence-corrected chi connectivity index (χ0v) is 27.4. The number of para-hydroxylation sites is 2. The second-order valence-corrected chi connectivity index (χ2v) is 11.2.